The molecule has 13 heteroatoms. The highest BCUT2D eigenvalue weighted by Gasteiger charge is 2.36. The number of nitrogens with one attached hydrogen (secondary N) is 2. The van der Waals surface area contributed by atoms with Crippen molar-refractivity contribution in [2.24, 2.45) is 13.0 Å². The van der Waals surface area contributed by atoms with Crippen molar-refractivity contribution < 1.29 is 27.4 Å². The summed E-state index contributed by atoms with van der Waals surface area (Å²) in [7, 11) is 1.74. The van der Waals surface area contributed by atoms with E-state index in [1.165, 1.54) is 13.1 Å². The number of aromatic nitrogens is 5. The van der Waals surface area contributed by atoms with Crippen molar-refractivity contribution in [3.05, 3.63) is 48.3 Å². The van der Waals surface area contributed by atoms with Gasteiger partial charge < -0.3 is 24.7 Å². The molecule has 1 aliphatic heterocycles. The summed E-state index contributed by atoms with van der Waals surface area (Å²) in [4.78, 5) is 19.9. The first-order chi connectivity index (χ1) is 18.2. The van der Waals surface area contributed by atoms with Gasteiger partial charge in [-0.3, -0.25) is 9.48 Å². The summed E-state index contributed by atoms with van der Waals surface area (Å²) < 4.78 is 55.2. The molecule has 0 saturated carbocycles. The van der Waals surface area contributed by atoms with Crippen LogP contribution in [0.25, 0.3) is 11.0 Å². The predicted octanol–water partition coefficient (Wildman–Crippen LogP) is 5.10. The molecular formula is C25H26F3N7O3. The number of ether oxygens (including phenoxy) is 2. The maximum absolute atomic E-state index is 13.7. The number of nitrogens with zero attached hydrogens (tertiary/aromatic N) is 5. The van der Waals surface area contributed by atoms with Gasteiger partial charge in [-0.1, -0.05) is 0 Å². The molecule has 0 aliphatic carbocycles. The highest BCUT2D eigenvalue weighted by molar-refractivity contribution is 5.87. The van der Waals surface area contributed by atoms with Crippen LogP contribution in [-0.4, -0.2) is 43.4 Å². The van der Waals surface area contributed by atoms with Crippen molar-refractivity contribution in [2.75, 3.05) is 23.8 Å². The molecule has 200 valence electrons. The van der Waals surface area contributed by atoms with Gasteiger partial charge in [-0.25, -0.2) is 9.97 Å². The Labute approximate surface area is 215 Å². The van der Waals surface area contributed by atoms with Gasteiger partial charge in [0.25, 0.3) is 0 Å². The summed E-state index contributed by atoms with van der Waals surface area (Å²) in [6, 6.07) is 9.48. The fourth-order valence-corrected chi connectivity index (χ4v) is 4.34. The van der Waals surface area contributed by atoms with Crippen LogP contribution in [0.15, 0.2) is 42.6 Å². The van der Waals surface area contributed by atoms with E-state index >= 15 is 0 Å². The van der Waals surface area contributed by atoms with Gasteiger partial charge in [0.1, 0.15) is 23.0 Å². The van der Waals surface area contributed by atoms with Crippen LogP contribution in [0, 0.1) is 5.92 Å². The van der Waals surface area contributed by atoms with Crippen molar-refractivity contribution in [3.63, 3.8) is 0 Å². The van der Waals surface area contributed by atoms with E-state index < -0.39 is 11.9 Å². The number of pyridine rings is 1. The number of benzene rings is 1. The number of carbonyl (C=O) groups is 1. The molecule has 10 nitrogen and oxygen atoms in total. The third-order valence-electron chi connectivity index (χ3n) is 6.21. The number of carbonyl (C=O) groups excluding carboxylic acids is 1. The van der Waals surface area contributed by atoms with Gasteiger partial charge in [-0.05, 0) is 37.0 Å². The van der Waals surface area contributed by atoms with E-state index in [-0.39, 0.29) is 24.2 Å². The number of fused-ring (bicyclic) bond motifs is 1. The minimum atomic E-state index is -4.54. The minimum absolute atomic E-state index is 0.0570. The Balaban J connectivity index is 1.37. The van der Waals surface area contributed by atoms with E-state index in [9.17, 15) is 18.0 Å². The molecular weight excluding hydrogens is 503 g/mol. The van der Waals surface area contributed by atoms with E-state index in [2.05, 4.69) is 25.7 Å². The van der Waals surface area contributed by atoms with Crippen LogP contribution >= 0.6 is 0 Å². The first-order valence-corrected chi connectivity index (χ1v) is 12.0. The SMILES string of the molecule is CC(=O)Nc1cc(Oc2ccc3nc(Nc4cc(C(F)(F)F)n(CC5CCOCC5)n4)n(C)c3c2)ccn1. The van der Waals surface area contributed by atoms with E-state index in [1.807, 2.05) is 0 Å². The predicted molar refractivity (Wildman–Crippen MR) is 133 cm³/mol. The van der Waals surface area contributed by atoms with Crippen molar-refractivity contribution >= 4 is 34.5 Å². The van der Waals surface area contributed by atoms with Crippen LogP contribution < -0.4 is 15.4 Å². The van der Waals surface area contributed by atoms with Crippen LogP contribution in [0.1, 0.15) is 25.5 Å². The quantitative estimate of drug-likeness (QED) is 0.343. The molecule has 0 atom stereocenters. The Bertz CT molecular complexity index is 1460. The average molecular weight is 530 g/mol. The lowest BCUT2D eigenvalue weighted by atomic mass is 10.0. The number of halogens is 3. The van der Waals surface area contributed by atoms with Crippen LogP contribution in [0.4, 0.5) is 30.8 Å². The highest BCUT2D eigenvalue weighted by Crippen LogP contribution is 2.34. The monoisotopic (exact) mass is 529 g/mol. The van der Waals surface area contributed by atoms with Crippen LogP contribution in [0.5, 0.6) is 11.5 Å². The lowest BCUT2D eigenvalue weighted by Crippen LogP contribution is -2.24. The van der Waals surface area contributed by atoms with E-state index in [0.29, 0.717) is 60.4 Å². The maximum Gasteiger partial charge on any atom is 0.433 e. The van der Waals surface area contributed by atoms with E-state index in [1.54, 1.807) is 41.9 Å². The van der Waals surface area contributed by atoms with E-state index in [4.69, 9.17) is 9.47 Å². The van der Waals surface area contributed by atoms with Crippen LogP contribution in [0.3, 0.4) is 0 Å². The number of aryl methyl sites for hydroxylation is 1. The summed E-state index contributed by atoms with van der Waals surface area (Å²) in [5, 5.41) is 9.74. The Kier molecular flexibility index (Phi) is 6.93. The molecule has 1 aromatic carbocycles. The van der Waals surface area contributed by atoms with Crippen LogP contribution in [-0.2, 0) is 29.3 Å². The second kappa shape index (κ2) is 10.3. The van der Waals surface area contributed by atoms with Gasteiger partial charge in [0.2, 0.25) is 11.9 Å². The molecule has 1 aliphatic rings. The molecule has 38 heavy (non-hydrogen) atoms. The second-order valence-corrected chi connectivity index (χ2v) is 9.08. The minimum Gasteiger partial charge on any atom is -0.457 e. The second-order valence-electron chi connectivity index (χ2n) is 9.08. The molecule has 1 amide bonds. The topological polar surface area (TPSA) is 108 Å². The number of rotatable bonds is 7. The number of alkyl halides is 3. The summed E-state index contributed by atoms with van der Waals surface area (Å²) in [6.45, 7) is 2.64. The Morgan fingerprint density at radius 1 is 1.13 bits per heavy atom. The smallest absolute Gasteiger partial charge is 0.433 e. The van der Waals surface area contributed by atoms with Gasteiger partial charge in [0.15, 0.2) is 5.82 Å². The maximum atomic E-state index is 13.7. The zero-order valence-corrected chi connectivity index (χ0v) is 20.7. The molecule has 0 unspecified atom stereocenters. The lowest BCUT2D eigenvalue weighted by molar-refractivity contribution is -0.144. The summed E-state index contributed by atoms with van der Waals surface area (Å²) in [5.41, 5.74) is 0.504. The lowest BCUT2D eigenvalue weighted by Gasteiger charge is -2.22. The van der Waals surface area contributed by atoms with Gasteiger partial charge in [0.05, 0.1) is 11.0 Å². The van der Waals surface area contributed by atoms with Gasteiger partial charge in [0, 0.05) is 58.1 Å². The molecule has 2 N–H and O–H groups in total. The standard InChI is InChI=1S/C25H26F3N7O3/c1-15(36)30-22-12-18(5-8-29-22)38-17-3-4-19-20(11-17)34(2)24(31-19)32-23-13-21(25(26,27)28)35(33-23)14-16-6-9-37-10-7-16/h3-5,8,11-13,16H,6-7,9-10,14H2,1-2H3,(H,29,30,36)(H,31,32,33). The molecule has 1 fully saturated rings. The highest BCUT2D eigenvalue weighted by atomic mass is 19.4. The van der Waals surface area contributed by atoms with E-state index in [0.717, 1.165) is 10.7 Å². The molecule has 0 bridgehead atoms. The molecule has 1 saturated heterocycles. The van der Waals surface area contributed by atoms with Gasteiger partial charge >= 0.3 is 6.18 Å². The molecule has 4 heterocycles. The fourth-order valence-electron chi connectivity index (χ4n) is 4.34. The zero-order chi connectivity index (χ0) is 26.9. The first-order valence-electron chi connectivity index (χ1n) is 12.0. The Morgan fingerprint density at radius 3 is 2.63 bits per heavy atom. The third-order valence-corrected chi connectivity index (χ3v) is 6.21. The third kappa shape index (κ3) is 5.72. The number of hydrogen-bond donors (Lipinski definition) is 2. The van der Waals surface area contributed by atoms with Crippen molar-refractivity contribution in [2.45, 2.75) is 32.5 Å². The largest absolute Gasteiger partial charge is 0.457 e. The van der Waals surface area contributed by atoms with Crippen molar-refractivity contribution in [1.29, 1.82) is 0 Å². The number of anilines is 3. The first kappa shape index (κ1) is 25.5. The molecule has 4 aromatic rings. The molecule has 3 aromatic heterocycles. The normalized spacial score (nSPS) is 14.6. The number of amides is 1. The van der Waals surface area contributed by atoms with Crippen LogP contribution in [0.2, 0.25) is 0 Å². The molecule has 5 rings (SSSR count). The Morgan fingerprint density at radius 2 is 1.89 bits per heavy atom. The van der Waals surface area contributed by atoms with Gasteiger partial charge in [-0.15, -0.1) is 0 Å². The molecule has 0 radical (unpaired) electrons. The van der Waals surface area contributed by atoms with Crippen molar-refractivity contribution in [3.8, 4) is 11.5 Å². The summed E-state index contributed by atoms with van der Waals surface area (Å²) in [6.07, 6.45) is -1.63. The fraction of sp³-hybridized carbons (Fsp3) is 0.360. The average Bonchev–Trinajstić information content (AvgIpc) is 3.40. The molecule has 0 spiro atoms. The zero-order valence-electron chi connectivity index (χ0n) is 20.7. The van der Waals surface area contributed by atoms with Crippen molar-refractivity contribution in [1.82, 2.24) is 24.3 Å². The summed E-state index contributed by atoms with van der Waals surface area (Å²) >= 11 is 0. The Hall–Kier alpha value is -4.13. The van der Waals surface area contributed by atoms with Gasteiger partial charge in [-0.2, -0.15) is 18.3 Å². The number of imidazole rings is 1. The summed E-state index contributed by atoms with van der Waals surface area (Å²) in [5.74, 6) is 1.55. The number of hydrogen-bond acceptors (Lipinski definition) is 7.